The molecule has 1 aliphatic heterocycles. The number of benzene rings is 1. The molecule has 1 fully saturated rings. The largest absolute Gasteiger partial charge is 0.364 e. The molecule has 1 aliphatic rings. The number of hydrogen-bond acceptors (Lipinski definition) is 3. The zero-order valence-corrected chi connectivity index (χ0v) is 10.7. The van der Waals surface area contributed by atoms with Crippen molar-refractivity contribution in [3.8, 4) is 0 Å². The maximum atomic E-state index is 11.9. The number of ether oxygens (including phenoxy) is 1. The van der Waals surface area contributed by atoms with E-state index in [1.165, 1.54) is 5.56 Å². The Bertz CT molecular complexity index is 403. The van der Waals surface area contributed by atoms with E-state index >= 15 is 0 Å². The highest BCUT2D eigenvalue weighted by molar-refractivity contribution is 5.81. The van der Waals surface area contributed by atoms with Gasteiger partial charge >= 0.3 is 0 Å². The molecule has 0 saturated carbocycles. The van der Waals surface area contributed by atoms with E-state index in [2.05, 4.69) is 5.32 Å². The number of rotatable bonds is 4. The molecular formula is C14H20N2O2. The van der Waals surface area contributed by atoms with Crippen LogP contribution in [0.1, 0.15) is 24.0 Å². The van der Waals surface area contributed by atoms with E-state index in [-0.39, 0.29) is 18.1 Å². The van der Waals surface area contributed by atoms with Crippen molar-refractivity contribution in [1.82, 2.24) is 5.32 Å². The minimum absolute atomic E-state index is 0.0356. The summed E-state index contributed by atoms with van der Waals surface area (Å²) in [6.45, 7) is 3.08. The number of hydrogen-bond donors (Lipinski definition) is 2. The third kappa shape index (κ3) is 3.31. The van der Waals surface area contributed by atoms with Gasteiger partial charge in [-0.15, -0.1) is 0 Å². The molecule has 0 aliphatic carbocycles. The van der Waals surface area contributed by atoms with E-state index < -0.39 is 0 Å². The van der Waals surface area contributed by atoms with Gasteiger partial charge in [-0.05, 0) is 25.3 Å². The van der Waals surface area contributed by atoms with Crippen LogP contribution in [0.3, 0.4) is 0 Å². The van der Waals surface area contributed by atoms with Crippen LogP contribution in [-0.4, -0.2) is 24.7 Å². The molecular weight excluding hydrogens is 228 g/mol. The number of amides is 1. The first kappa shape index (κ1) is 13.1. The zero-order chi connectivity index (χ0) is 13.0. The molecule has 2 rings (SSSR count). The molecule has 1 heterocycles. The van der Waals surface area contributed by atoms with E-state index in [1.807, 2.05) is 31.2 Å². The lowest BCUT2D eigenvalue weighted by atomic mass is 10.1. The minimum Gasteiger partial charge on any atom is -0.364 e. The number of nitrogens with two attached hydrogens (primary N) is 1. The van der Waals surface area contributed by atoms with Crippen molar-refractivity contribution in [2.45, 2.75) is 38.5 Å². The maximum absolute atomic E-state index is 11.9. The number of aryl methyl sites for hydroxylation is 1. The quantitative estimate of drug-likeness (QED) is 0.839. The average Bonchev–Trinajstić information content (AvgIpc) is 2.86. The van der Waals surface area contributed by atoms with Crippen LogP contribution < -0.4 is 11.1 Å². The van der Waals surface area contributed by atoms with Gasteiger partial charge in [-0.25, -0.2) is 0 Å². The molecule has 4 heteroatoms. The second-order valence-corrected chi connectivity index (χ2v) is 4.76. The summed E-state index contributed by atoms with van der Waals surface area (Å²) >= 11 is 0. The summed E-state index contributed by atoms with van der Waals surface area (Å²) in [6, 6.07) is 8.12. The molecule has 4 nitrogen and oxygen atoms in total. The molecule has 0 aromatic heterocycles. The van der Waals surface area contributed by atoms with E-state index in [9.17, 15) is 4.79 Å². The Morgan fingerprint density at radius 1 is 1.39 bits per heavy atom. The van der Waals surface area contributed by atoms with E-state index in [0.717, 1.165) is 18.4 Å². The van der Waals surface area contributed by atoms with Gasteiger partial charge in [-0.2, -0.15) is 0 Å². The summed E-state index contributed by atoms with van der Waals surface area (Å²) in [7, 11) is 0. The number of carbonyl (C=O) groups excluding carboxylic acids is 1. The predicted molar refractivity (Wildman–Crippen MR) is 70.0 cm³/mol. The Kier molecular flexibility index (Phi) is 4.33. The molecule has 0 radical (unpaired) electrons. The highest BCUT2D eigenvalue weighted by Crippen LogP contribution is 2.18. The van der Waals surface area contributed by atoms with Crippen LogP contribution in [0.25, 0.3) is 0 Å². The van der Waals surface area contributed by atoms with Crippen LogP contribution in [-0.2, 0) is 16.1 Å². The monoisotopic (exact) mass is 248 g/mol. The Hall–Kier alpha value is -1.39. The Morgan fingerprint density at radius 3 is 2.72 bits per heavy atom. The zero-order valence-electron chi connectivity index (χ0n) is 10.7. The van der Waals surface area contributed by atoms with Crippen LogP contribution >= 0.6 is 0 Å². The molecule has 0 spiro atoms. The van der Waals surface area contributed by atoms with Gasteiger partial charge in [0.15, 0.2) is 0 Å². The Balaban J connectivity index is 1.80. The maximum Gasteiger partial charge on any atom is 0.249 e. The summed E-state index contributed by atoms with van der Waals surface area (Å²) in [4.78, 5) is 11.9. The molecule has 1 aromatic carbocycles. The minimum atomic E-state index is -0.330. The van der Waals surface area contributed by atoms with Crippen LogP contribution in [0.5, 0.6) is 0 Å². The van der Waals surface area contributed by atoms with Gasteiger partial charge in [-0.3, -0.25) is 4.79 Å². The highest BCUT2D eigenvalue weighted by Gasteiger charge is 2.29. The average molecular weight is 248 g/mol. The Labute approximate surface area is 108 Å². The highest BCUT2D eigenvalue weighted by atomic mass is 16.5. The van der Waals surface area contributed by atoms with Gasteiger partial charge in [0.2, 0.25) is 5.91 Å². The SMILES string of the molecule is Cc1ccc(CNC(=O)[C@@H]2CC[C@H](CN)O2)cc1. The smallest absolute Gasteiger partial charge is 0.249 e. The lowest BCUT2D eigenvalue weighted by molar-refractivity contribution is -0.132. The molecule has 98 valence electrons. The first-order valence-electron chi connectivity index (χ1n) is 6.38. The molecule has 18 heavy (non-hydrogen) atoms. The van der Waals surface area contributed by atoms with Crippen molar-refractivity contribution in [2.24, 2.45) is 5.73 Å². The van der Waals surface area contributed by atoms with E-state index in [4.69, 9.17) is 10.5 Å². The molecule has 0 unspecified atom stereocenters. The molecule has 1 saturated heterocycles. The summed E-state index contributed by atoms with van der Waals surface area (Å²) < 4.78 is 5.54. The first-order chi connectivity index (χ1) is 8.69. The van der Waals surface area contributed by atoms with Crippen molar-refractivity contribution in [1.29, 1.82) is 0 Å². The number of carbonyl (C=O) groups is 1. The molecule has 1 amide bonds. The molecule has 3 N–H and O–H groups in total. The second-order valence-electron chi connectivity index (χ2n) is 4.76. The topological polar surface area (TPSA) is 64.4 Å². The van der Waals surface area contributed by atoms with Crippen LogP contribution in [0.15, 0.2) is 24.3 Å². The summed E-state index contributed by atoms with van der Waals surface area (Å²) in [6.07, 6.45) is 1.35. The number of nitrogens with one attached hydrogen (secondary N) is 1. The van der Waals surface area contributed by atoms with Crippen LogP contribution in [0, 0.1) is 6.92 Å². The molecule has 0 bridgehead atoms. The fourth-order valence-electron chi connectivity index (χ4n) is 2.08. The van der Waals surface area contributed by atoms with Crippen molar-refractivity contribution in [3.05, 3.63) is 35.4 Å². The van der Waals surface area contributed by atoms with Gasteiger partial charge in [0.05, 0.1) is 6.10 Å². The third-order valence-corrected chi connectivity index (χ3v) is 3.25. The summed E-state index contributed by atoms with van der Waals surface area (Å²) in [5.74, 6) is -0.0356. The van der Waals surface area contributed by atoms with Gasteiger partial charge in [0.1, 0.15) is 6.10 Å². The Morgan fingerprint density at radius 2 is 2.11 bits per heavy atom. The lowest BCUT2D eigenvalue weighted by Gasteiger charge is -2.12. The van der Waals surface area contributed by atoms with Crippen molar-refractivity contribution < 1.29 is 9.53 Å². The molecule has 1 aromatic rings. The standard InChI is InChI=1S/C14H20N2O2/c1-10-2-4-11(5-3-10)9-16-14(17)13-7-6-12(8-15)18-13/h2-5,12-13H,6-9,15H2,1H3,(H,16,17)/t12-,13+/m1/s1. The normalized spacial score (nSPS) is 23.0. The van der Waals surface area contributed by atoms with Crippen molar-refractivity contribution in [3.63, 3.8) is 0 Å². The van der Waals surface area contributed by atoms with E-state index in [0.29, 0.717) is 13.1 Å². The second kappa shape index (κ2) is 5.98. The lowest BCUT2D eigenvalue weighted by Crippen LogP contribution is -2.35. The fourth-order valence-corrected chi connectivity index (χ4v) is 2.08. The van der Waals surface area contributed by atoms with Crippen LogP contribution in [0.4, 0.5) is 0 Å². The third-order valence-electron chi connectivity index (χ3n) is 3.25. The molecule has 2 atom stereocenters. The fraction of sp³-hybridized carbons (Fsp3) is 0.500. The first-order valence-corrected chi connectivity index (χ1v) is 6.38. The van der Waals surface area contributed by atoms with Crippen LogP contribution in [0.2, 0.25) is 0 Å². The van der Waals surface area contributed by atoms with Crippen molar-refractivity contribution in [2.75, 3.05) is 6.54 Å². The van der Waals surface area contributed by atoms with E-state index in [1.54, 1.807) is 0 Å². The predicted octanol–water partition coefficient (Wildman–Crippen LogP) is 1.12. The van der Waals surface area contributed by atoms with Crippen molar-refractivity contribution >= 4 is 5.91 Å². The van der Waals surface area contributed by atoms with Gasteiger partial charge < -0.3 is 15.8 Å². The summed E-state index contributed by atoms with van der Waals surface area (Å²) in [5.41, 5.74) is 7.84. The summed E-state index contributed by atoms with van der Waals surface area (Å²) in [5, 5.41) is 2.90. The van der Waals surface area contributed by atoms with Gasteiger partial charge in [0.25, 0.3) is 0 Å². The van der Waals surface area contributed by atoms with Gasteiger partial charge in [0, 0.05) is 13.1 Å². The van der Waals surface area contributed by atoms with Gasteiger partial charge in [-0.1, -0.05) is 29.8 Å².